The van der Waals surface area contributed by atoms with E-state index in [1.165, 1.54) is 0 Å². The highest BCUT2D eigenvalue weighted by Crippen LogP contribution is 2.22. The molecule has 3 heterocycles. The molecule has 2 aromatic heterocycles. The van der Waals surface area contributed by atoms with Crippen LogP contribution >= 0.6 is 0 Å². The third-order valence-electron chi connectivity index (χ3n) is 4.80. The molecule has 6 nitrogen and oxygen atoms in total. The molecule has 1 amide bonds. The molecule has 1 aliphatic heterocycles. The van der Waals surface area contributed by atoms with E-state index in [4.69, 9.17) is 9.47 Å². The van der Waals surface area contributed by atoms with Gasteiger partial charge in [-0.15, -0.1) is 0 Å². The zero-order chi connectivity index (χ0) is 19.9. The molecule has 1 aliphatic rings. The smallest absolute Gasteiger partial charge is 0.254 e. The molecular formula is C23H23N3O3. The maximum absolute atomic E-state index is 13.2. The van der Waals surface area contributed by atoms with E-state index in [0.29, 0.717) is 30.2 Å². The summed E-state index contributed by atoms with van der Waals surface area (Å²) < 4.78 is 11.5. The van der Waals surface area contributed by atoms with Crippen molar-refractivity contribution < 1.29 is 14.3 Å². The van der Waals surface area contributed by atoms with Crippen molar-refractivity contribution in [2.24, 2.45) is 0 Å². The first-order valence-corrected chi connectivity index (χ1v) is 9.76. The first-order chi connectivity index (χ1) is 14.3. The van der Waals surface area contributed by atoms with Gasteiger partial charge in [0.25, 0.3) is 5.91 Å². The lowest BCUT2D eigenvalue weighted by molar-refractivity contribution is 0.0507. The second-order valence-corrected chi connectivity index (χ2v) is 7.00. The zero-order valence-electron chi connectivity index (χ0n) is 16.1. The van der Waals surface area contributed by atoms with Crippen molar-refractivity contribution in [3.05, 3.63) is 84.4 Å². The number of nitrogens with zero attached hydrogens (tertiary/aromatic N) is 3. The van der Waals surface area contributed by atoms with E-state index in [-0.39, 0.29) is 12.0 Å². The monoisotopic (exact) mass is 389 g/mol. The Labute approximate surface area is 170 Å². The molecule has 29 heavy (non-hydrogen) atoms. The topological polar surface area (TPSA) is 64.5 Å². The fourth-order valence-corrected chi connectivity index (χ4v) is 3.36. The second kappa shape index (κ2) is 9.30. The first-order valence-electron chi connectivity index (χ1n) is 9.76. The predicted octanol–water partition coefficient (Wildman–Crippen LogP) is 4.09. The zero-order valence-corrected chi connectivity index (χ0v) is 16.1. The van der Waals surface area contributed by atoms with Gasteiger partial charge in [0, 0.05) is 43.9 Å². The number of carbonyl (C=O) groups excluding carboxylic acids is 1. The SMILES string of the molecule is O=C(c1ccc(Oc2cccnc2)cc1)N(Cc1cccnc1)CC1CCCO1. The predicted molar refractivity (Wildman–Crippen MR) is 109 cm³/mol. The molecule has 0 bridgehead atoms. The van der Waals surface area contributed by atoms with Crippen LogP contribution in [0.15, 0.2) is 73.3 Å². The molecule has 1 saturated heterocycles. The molecule has 0 N–H and O–H groups in total. The van der Waals surface area contributed by atoms with Gasteiger partial charge in [-0.3, -0.25) is 14.8 Å². The Hall–Kier alpha value is -3.25. The van der Waals surface area contributed by atoms with Crippen LogP contribution in [0.2, 0.25) is 0 Å². The number of aromatic nitrogens is 2. The van der Waals surface area contributed by atoms with Crippen LogP contribution in [-0.4, -0.2) is 40.0 Å². The van der Waals surface area contributed by atoms with Crippen molar-refractivity contribution >= 4 is 5.91 Å². The Balaban J connectivity index is 1.48. The number of rotatable bonds is 7. The van der Waals surface area contributed by atoms with Gasteiger partial charge in [0.1, 0.15) is 11.5 Å². The number of pyridine rings is 2. The van der Waals surface area contributed by atoms with Crippen LogP contribution in [0, 0.1) is 0 Å². The lowest BCUT2D eigenvalue weighted by Crippen LogP contribution is -2.37. The highest BCUT2D eigenvalue weighted by molar-refractivity contribution is 5.94. The van der Waals surface area contributed by atoms with Gasteiger partial charge in [0.15, 0.2) is 0 Å². The highest BCUT2D eigenvalue weighted by Gasteiger charge is 2.23. The lowest BCUT2D eigenvalue weighted by atomic mass is 10.1. The van der Waals surface area contributed by atoms with Crippen molar-refractivity contribution in [2.75, 3.05) is 13.2 Å². The quantitative estimate of drug-likeness (QED) is 0.609. The van der Waals surface area contributed by atoms with Crippen molar-refractivity contribution in [1.29, 1.82) is 0 Å². The van der Waals surface area contributed by atoms with E-state index in [1.54, 1.807) is 49.1 Å². The van der Waals surface area contributed by atoms with E-state index >= 15 is 0 Å². The summed E-state index contributed by atoms with van der Waals surface area (Å²) in [5, 5.41) is 0. The summed E-state index contributed by atoms with van der Waals surface area (Å²) in [6.07, 6.45) is 8.98. The van der Waals surface area contributed by atoms with Crippen LogP contribution in [0.1, 0.15) is 28.8 Å². The number of carbonyl (C=O) groups is 1. The van der Waals surface area contributed by atoms with Crippen molar-refractivity contribution in [1.82, 2.24) is 14.9 Å². The van der Waals surface area contributed by atoms with Crippen molar-refractivity contribution in [2.45, 2.75) is 25.5 Å². The normalized spacial score (nSPS) is 15.8. The summed E-state index contributed by atoms with van der Waals surface area (Å²) in [6, 6.07) is 14.7. The summed E-state index contributed by atoms with van der Waals surface area (Å²) in [4.78, 5) is 23.2. The van der Waals surface area contributed by atoms with Crippen molar-refractivity contribution in [3.63, 3.8) is 0 Å². The Morgan fingerprint density at radius 2 is 1.83 bits per heavy atom. The maximum Gasteiger partial charge on any atom is 0.254 e. The number of benzene rings is 1. The molecular weight excluding hydrogens is 366 g/mol. The van der Waals surface area contributed by atoms with Gasteiger partial charge in [0.2, 0.25) is 0 Å². The third-order valence-corrected chi connectivity index (χ3v) is 4.80. The van der Waals surface area contributed by atoms with Crippen LogP contribution in [0.5, 0.6) is 11.5 Å². The number of ether oxygens (including phenoxy) is 2. The Kier molecular flexibility index (Phi) is 6.12. The van der Waals surface area contributed by atoms with Crippen LogP contribution in [-0.2, 0) is 11.3 Å². The Bertz CT molecular complexity index is 911. The molecule has 6 heteroatoms. The molecule has 0 spiro atoms. The fraction of sp³-hybridized carbons (Fsp3) is 0.261. The van der Waals surface area contributed by atoms with Gasteiger partial charge in [-0.2, -0.15) is 0 Å². The van der Waals surface area contributed by atoms with Crippen LogP contribution < -0.4 is 4.74 Å². The number of amides is 1. The van der Waals surface area contributed by atoms with E-state index in [0.717, 1.165) is 25.0 Å². The van der Waals surface area contributed by atoms with Gasteiger partial charge < -0.3 is 14.4 Å². The average Bonchev–Trinajstić information content (AvgIpc) is 3.28. The molecule has 3 aromatic rings. The van der Waals surface area contributed by atoms with Gasteiger partial charge in [-0.25, -0.2) is 0 Å². The minimum absolute atomic E-state index is 0.0303. The van der Waals surface area contributed by atoms with Gasteiger partial charge >= 0.3 is 0 Å². The average molecular weight is 389 g/mol. The van der Waals surface area contributed by atoms with Crippen LogP contribution in [0.4, 0.5) is 0 Å². The number of hydrogen-bond acceptors (Lipinski definition) is 5. The number of hydrogen-bond donors (Lipinski definition) is 0. The first kappa shape index (κ1) is 19.1. The summed E-state index contributed by atoms with van der Waals surface area (Å²) in [5.41, 5.74) is 1.61. The van der Waals surface area contributed by atoms with Gasteiger partial charge in [-0.05, 0) is 60.9 Å². The molecule has 1 aromatic carbocycles. The fourth-order valence-electron chi connectivity index (χ4n) is 3.36. The van der Waals surface area contributed by atoms with Crippen LogP contribution in [0.25, 0.3) is 0 Å². The minimum Gasteiger partial charge on any atom is -0.456 e. The summed E-state index contributed by atoms with van der Waals surface area (Å²) >= 11 is 0. The molecule has 148 valence electrons. The van der Waals surface area contributed by atoms with Crippen LogP contribution in [0.3, 0.4) is 0 Å². The van der Waals surface area contributed by atoms with E-state index in [9.17, 15) is 4.79 Å². The lowest BCUT2D eigenvalue weighted by Gasteiger charge is -2.25. The largest absolute Gasteiger partial charge is 0.456 e. The molecule has 1 atom stereocenters. The highest BCUT2D eigenvalue weighted by atomic mass is 16.5. The Morgan fingerprint density at radius 1 is 1.03 bits per heavy atom. The minimum atomic E-state index is -0.0303. The van der Waals surface area contributed by atoms with E-state index in [2.05, 4.69) is 9.97 Å². The molecule has 0 radical (unpaired) electrons. The molecule has 4 rings (SSSR count). The van der Waals surface area contributed by atoms with Crippen molar-refractivity contribution in [3.8, 4) is 11.5 Å². The molecule has 1 unspecified atom stereocenters. The van der Waals surface area contributed by atoms with Gasteiger partial charge in [-0.1, -0.05) is 6.07 Å². The molecule has 0 saturated carbocycles. The second-order valence-electron chi connectivity index (χ2n) is 7.00. The maximum atomic E-state index is 13.2. The molecule has 0 aliphatic carbocycles. The van der Waals surface area contributed by atoms with E-state index < -0.39 is 0 Å². The Morgan fingerprint density at radius 3 is 2.48 bits per heavy atom. The molecule has 1 fully saturated rings. The summed E-state index contributed by atoms with van der Waals surface area (Å²) in [6.45, 7) is 1.84. The van der Waals surface area contributed by atoms with Gasteiger partial charge in [0.05, 0.1) is 12.3 Å². The summed E-state index contributed by atoms with van der Waals surface area (Å²) in [7, 11) is 0. The van der Waals surface area contributed by atoms with E-state index in [1.807, 2.05) is 29.2 Å². The third kappa shape index (κ3) is 5.18. The summed E-state index contributed by atoms with van der Waals surface area (Å²) in [5.74, 6) is 1.29. The standard InChI is InChI=1S/C23H23N3O3/c27-23(19-7-9-20(10-8-19)29-21-5-2-12-25-15-21)26(17-22-6-3-13-28-22)16-18-4-1-11-24-14-18/h1-2,4-5,7-12,14-15,22H,3,6,13,16-17H2.